The molecule has 0 amide bonds. The Morgan fingerprint density at radius 3 is 2.80 bits per heavy atom. The van der Waals surface area contributed by atoms with Gasteiger partial charge in [-0.1, -0.05) is 24.6 Å². The summed E-state index contributed by atoms with van der Waals surface area (Å²) < 4.78 is 2.09. The number of nitrogens with zero attached hydrogens (tertiary/aromatic N) is 1. The van der Waals surface area contributed by atoms with Crippen LogP contribution in [0.2, 0.25) is 5.02 Å². The van der Waals surface area contributed by atoms with Crippen LogP contribution in [-0.2, 0) is 7.05 Å². The minimum Gasteiger partial charge on any atom is -0.396 e. The van der Waals surface area contributed by atoms with Crippen LogP contribution in [0.3, 0.4) is 0 Å². The zero-order chi connectivity index (χ0) is 11.0. The molecule has 1 aromatic heterocycles. The number of aliphatic hydroxyl groups is 1. The van der Waals surface area contributed by atoms with E-state index in [-0.39, 0.29) is 12.5 Å². The third kappa shape index (κ3) is 1.64. The van der Waals surface area contributed by atoms with Crippen LogP contribution in [0, 0.1) is 0 Å². The van der Waals surface area contributed by atoms with Crippen molar-refractivity contribution < 1.29 is 5.11 Å². The molecule has 1 aromatic carbocycles. The van der Waals surface area contributed by atoms with Gasteiger partial charge in [-0.05, 0) is 18.2 Å². The summed E-state index contributed by atoms with van der Waals surface area (Å²) in [6.45, 7) is 2.16. The van der Waals surface area contributed by atoms with Crippen LogP contribution in [0.15, 0.2) is 24.3 Å². The number of fused-ring (bicyclic) bond motifs is 1. The summed E-state index contributed by atoms with van der Waals surface area (Å²) in [4.78, 5) is 0. The van der Waals surface area contributed by atoms with Crippen molar-refractivity contribution >= 4 is 22.5 Å². The van der Waals surface area contributed by atoms with Gasteiger partial charge < -0.3 is 9.67 Å². The molecular formula is C12H14ClNO. The molecular weight excluding hydrogens is 210 g/mol. The monoisotopic (exact) mass is 223 g/mol. The molecule has 2 rings (SSSR count). The van der Waals surface area contributed by atoms with E-state index in [2.05, 4.69) is 10.6 Å². The summed E-state index contributed by atoms with van der Waals surface area (Å²) in [5, 5.41) is 11.0. The fraction of sp³-hybridized carbons (Fsp3) is 0.333. The second-order valence-corrected chi connectivity index (χ2v) is 4.29. The number of hydrogen-bond acceptors (Lipinski definition) is 1. The van der Waals surface area contributed by atoms with Crippen molar-refractivity contribution in [2.45, 2.75) is 12.8 Å². The molecule has 0 spiro atoms. The van der Waals surface area contributed by atoms with E-state index in [0.29, 0.717) is 0 Å². The second kappa shape index (κ2) is 3.87. The number of benzene rings is 1. The van der Waals surface area contributed by atoms with Gasteiger partial charge in [-0.25, -0.2) is 0 Å². The van der Waals surface area contributed by atoms with E-state index in [9.17, 15) is 0 Å². The molecule has 0 saturated heterocycles. The van der Waals surface area contributed by atoms with Crippen molar-refractivity contribution in [2.75, 3.05) is 6.61 Å². The van der Waals surface area contributed by atoms with E-state index in [1.54, 1.807) is 0 Å². The Labute approximate surface area is 94.1 Å². The zero-order valence-corrected chi connectivity index (χ0v) is 9.62. The van der Waals surface area contributed by atoms with Crippen molar-refractivity contribution in [3.05, 3.63) is 35.0 Å². The number of aryl methyl sites for hydroxylation is 1. The molecule has 2 nitrogen and oxygen atoms in total. The Morgan fingerprint density at radius 2 is 2.20 bits per heavy atom. The van der Waals surface area contributed by atoms with E-state index in [1.165, 1.54) is 0 Å². The second-order valence-electron chi connectivity index (χ2n) is 3.88. The molecule has 0 fully saturated rings. The molecule has 1 unspecified atom stereocenters. The molecule has 0 aliphatic heterocycles. The highest BCUT2D eigenvalue weighted by Crippen LogP contribution is 2.29. The fourth-order valence-corrected chi connectivity index (χ4v) is 2.14. The van der Waals surface area contributed by atoms with Crippen LogP contribution >= 0.6 is 11.6 Å². The lowest BCUT2D eigenvalue weighted by Crippen LogP contribution is -2.04. The Bertz CT molecular complexity index is 490. The lowest BCUT2D eigenvalue weighted by molar-refractivity contribution is 0.269. The van der Waals surface area contributed by atoms with Crippen LogP contribution in [0.1, 0.15) is 18.5 Å². The molecule has 0 radical (unpaired) electrons. The van der Waals surface area contributed by atoms with Gasteiger partial charge in [-0.2, -0.15) is 0 Å². The smallest absolute Gasteiger partial charge is 0.0511 e. The molecule has 80 valence electrons. The van der Waals surface area contributed by atoms with Gasteiger partial charge in [0.05, 0.1) is 6.61 Å². The number of rotatable bonds is 2. The van der Waals surface area contributed by atoms with Gasteiger partial charge in [0.25, 0.3) is 0 Å². The minimum atomic E-state index is 0.137. The quantitative estimate of drug-likeness (QED) is 0.832. The van der Waals surface area contributed by atoms with Crippen molar-refractivity contribution in [1.29, 1.82) is 0 Å². The van der Waals surface area contributed by atoms with E-state index >= 15 is 0 Å². The zero-order valence-electron chi connectivity index (χ0n) is 8.87. The van der Waals surface area contributed by atoms with Gasteiger partial charge in [0.15, 0.2) is 0 Å². The summed E-state index contributed by atoms with van der Waals surface area (Å²) in [7, 11) is 2.00. The molecule has 0 aliphatic carbocycles. The number of hydrogen-bond donors (Lipinski definition) is 1. The molecule has 1 heterocycles. The first-order valence-corrected chi connectivity index (χ1v) is 5.37. The van der Waals surface area contributed by atoms with E-state index in [1.807, 2.05) is 32.2 Å². The molecule has 0 bridgehead atoms. The summed E-state index contributed by atoms with van der Waals surface area (Å²) in [6.07, 6.45) is 0. The van der Waals surface area contributed by atoms with Crippen molar-refractivity contribution in [3.63, 3.8) is 0 Å². The highest BCUT2D eigenvalue weighted by molar-refractivity contribution is 6.35. The first kappa shape index (κ1) is 10.5. The SMILES string of the molecule is CC(CO)c1cc2c(Cl)cccc2n1C. The lowest BCUT2D eigenvalue weighted by Gasteiger charge is -2.09. The van der Waals surface area contributed by atoms with Crippen LogP contribution in [0.25, 0.3) is 10.9 Å². The van der Waals surface area contributed by atoms with E-state index < -0.39 is 0 Å². The topological polar surface area (TPSA) is 25.2 Å². The van der Waals surface area contributed by atoms with Crippen LogP contribution in [0.5, 0.6) is 0 Å². The summed E-state index contributed by atoms with van der Waals surface area (Å²) in [6, 6.07) is 7.92. The molecule has 3 heteroatoms. The van der Waals surface area contributed by atoms with Gasteiger partial charge in [-0.15, -0.1) is 0 Å². The number of halogens is 1. The number of aromatic nitrogens is 1. The van der Waals surface area contributed by atoms with Gasteiger partial charge in [0.1, 0.15) is 0 Å². The predicted molar refractivity (Wildman–Crippen MR) is 63.4 cm³/mol. The Hall–Kier alpha value is -0.990. The lowest BCUT2D eigenvalue weighted by atomic mass is 10.1. The Balaban J connectivity index is 2.69. The first-order valence-electron chi connectivity index (χ1n) is 5.00. The summed E-state index contributed by atoms with van der Waals surface area (Å²) >= 11 is 6.11. The van der Waals surface area contributed by atoms with Gasteiger partial charge >= 0.3 is 0 Å². The average molecular weight is 224 g/mol. The van der Waals surface area contributed by atoms with E-state index in [4.69, 9.17) is 16.7 Å². The van der Waals surface area contributed by atoms with Crippen molar-refractivity contribution in [3.8, 4) is 0 Å². The Kier molecular flexibility index (Phi) is 2.72. The Morgan fingerprint density at radius 1 is 1.47 bits per heavy atom. The van der Waals surface area contributed by atoms with Crippen molar-refractivity contribution in [1.82, 2.24) is 4.57 Å². The standard InChI is InChI=1S/C12H14ClNO/c1-8(7-15)12-6-9-10(13)4-3-5-11(9)14(12)2/h3-6,8,15H,7H2,1-2H3. The van der Waals surface area contributed by atoms with Gasteiger partial charge in [-0.3, -0.25) is 0 Å². The maximum absolute atomic E-state index is 9.16. The molecule has 1 N–H and O–H groups in total. The van der Waals surface area contributed by atoms with Crippen LogP contribution < -0.4 is 0 Å². The maximum Gasteiger partial charge on any atom is 0.0511 e. The van der Waals surface area contributed by atoms with Gasteiger partial charge in [0, 0.05) is 34.6 Å². The molecule has 0 aliphatic rings. The predicted octanol–water partition coefficient (Wildman–Crippen LogP) is 2.93. The largest absolute Gasteiger partial charge is 0.396 e. The van der Waals surface area contributed by atoms with Crippen molar-refractivity contribution in [2.24, 2.45) is 7.05 Å². The third-order valence-electron chi connectivity index (χ3n) is 2.85. The molecule has 15 heavy (non-hydrogen) atoms. The maximum atomic E-state index is 9.16. The first-order chi connectivity index (χ1) is 7.15. The van der Waals surface area contributed by atoms with Crippen LogP contribution in [0.4, 0.5) is 0 Å². The van der Waals surface area contributed by atoms with E-state index in [0.717, 1.165) is 21.6 Å². The number of aliphatic hydroxyl groups excluding tert-OH is 1. The molecule has 2 aromatic rings. The summed E-state index contributed by atoms with van der Waals surface area (Å²) in [5.74, 6) is 0.137. The average Bonchev–Trinajstić information content (AvgIpc) is 2.57. The minimum absolute atomic E-state index is 0.137. The van der Waals surface area contributed by atoms with Crippen LogP contribution in [-0.4, -0.2) is 16.3 Å². The summed E-state index contributed by atoms with van der Waals surface area (Å²) in [5.41, 5.74) is 2.22. The highest BCUT2D eigenvalue weighted by atomic mass is 35.5. The van der Waals surface area contributed by atoms with Gasteiger partial charge in [0.2, 0.25) is 0 Å². The molecule has 0 saturated carbocycles. The normalized spacial score (nSPS) is 13.3. The highest BCUT2D eigenvalue weighted by Gasteiger charge is 2.12. The third-order valence-corrected chi connectivity index (χ3v) is 3.18. The molecule has 1 atom stereocenters. The fourth-order valence-electron chi connectivity index (χ4n) is 1.91.